The molecule has 13 heteroatoms. The Morgan fingerprint density at radius 1 is 1.06 bits per heavy atom. The first-order valence-electron chi connectivity index (χ1n) is 9.67. The van der Waals surface area contributed by atoms with E-state index in [4.69, 9.17) is 4.74 Å². The molecule has 0 saturated heterocycles. The van der Waals surface area contributed by atoms with E-state index in [0.29, 0.717) is 30.3 Å². The molecule has 7 nitrogen and oxygen atoms in total. The molecule has 35 heavy (non-hydrogen) atoms. The SMILES string of the molecule is COc1ccnc2[nH]cc(C(=O)c3c(F)ccc(NS(=O)(=O)c4ccc(C(F)(F)F)cc4)c3F)c12. The van der Waals surface area contributed by atoms with Crippen LogP contribution in [0, 0.1) is 11.6 Å². The Labute approximate surface area is 194 Å². The molecule has 0 aliphatic carbocycles. The van der Waals surface area contributed by atoms with Crippen molar-refractivity contribution in [2.24, 2.45) is 0 Å². The molecule has 0 aliphatic heterocycles. The molecule has 2 heterocycles. The number of hydrogen-bond donors (Lipinski definition) is 2. The highest BCUT2D eigenvalue weighted by molar-refractivity contribution is 7.92. The van der Waals surface area contributed by atoms with Gasteiger partial charge in [-0.05, 0) is 42.5 Å². The number of ether oxygens (including phenoxy) is 1. The number of nitrogens with one attached hydrogen (secondary N) is 2. The van der Waals surface area contributed by atoms with Crippen LogP contribution in [0.3, 0.4) is 0 Å². The Balaban J connectivity index is 1.73. The summed E-state index contributed by atoms with van der Waals surface area (Å²) in [6.07, 6.45) is -2.11. The lowest BCUT2D eigenvalue weighted by molar-refractivity contribution is -0.137. The molecule has 4 aromatic rings. The van der Waals surface area contributed by atoms with Gasteiger partial charge >= 0.3 is 6.18 Å². The third-order valence-corrected chi connectivity index (χ3v) is 6.44. The highest BCUT2D eigenvalue weighted by Gasteiger charge is 2.31. The molecule has 0 radical (unpaired) electrons. The molecular weight excluding hydrogens is 497 g/mol. The summed E-state index contributed by atoms with van der Waals surface area (Å²) in [6.45, 7) is 0. The summed E-state index contributed by atoms with van der Waals surface area (Å²) in [5.74, 6) is -3.68. The first-order valence-corrected chi connectivity index (χ1v) is 11.1. The number of alkyl halides is 3. The van der Waals surface area contributed by atoms with Gasteiger partial charge in [0, 0.05) is 12.4 Å². The van der Waals surface area contributed by atoms with Crippen molar-refractivity contribution >= 4 is 32.5 Å². The number of H-pyrrole nitrogens is 1. The first kappa shape index (κ1) is 24.1. The molecule has 4 rings (SSSR count). The normalized spacial score (nSPS) is 12.1. The topological polar surface area (TPSA) is 101 Å². The lowest BCUT2D eigenvalue weighted by Crippen LogP contribution is -2.17. The van der Waals surface area contributed by atoms with Gasteiger partial charge in [0.2, 0.25) is 5.78 Å². The largest absolute Gasteiger partial charge is 0.496 e. The van der Waals surface area contributed by atoms with Crippen LogP contribution in [0.25, 0.3) is 11.0 Å². The highest BCUT2D eigenvalue weighted by atomic mass is 32.2. The van der Waals surface area contributed by atoms with Crippen molar-refractivity contribution in [1.29, 1.82) is 0 Å². The number of rotatable bonds is 6. The number of nitrogens with zero attached hydrogens (tertiary/aromatic N) is 1. The smallest absolute Gasteiger partial charge is 0.416 e. The van der Waals surface area contributed by atoms with Crippen LogP contribution in [0.2, 0.25) is 0 Å². The molecule has 0 unspecified atom stereocenters. The van der Waals surface area contributed by atoms with E-state index in [1.807, 2.05) is 4.72 Å². The number of aromatic nitrogens is 2. The number of methoxy groups -OCH3 is 1. The van der Waals surface area contributed by atoms with Crippen molar-refractivity contribution in [3.63, 3.8) is 0 Å². The highest BCUT2D eigenvalue weighted by Crippen LogP contribution is 2.33. The number of sulfonamides is 1. The second-order valence-electron chi connectivity index (χ2n) is 7.18. The number of carbonyl (C=O) groups excluding carboxylic acids is 1. The zero-order chi connectivity index (χ0) is 25.5. The van der Waals surface area contributed by atoms with Crippen molar-refractivity contribution in [1.82, 2.24) is 9.97 Å². The lowest BCUT2D eigenvalue weighted by atomic mass is 10.0. The predicted molar refractivity (Wildman–Crippen MR) is 115 cm³/mol. The average molecular weight is 511 g/mol. The minimum Gasteiger partial charge on any atom is -0.496 e. The fraction of sp³-hybridized carbons (Fsp3) is 0.0909. The molecule has 0 atom stereocenters. The average Bonchev–Trinajstić information content (AvgIpc) is 3.25. The molecule has 2 N–H and O–H groups in total. The predicted octanol–water partition coefficient (Wildman–Crippen LogP) is 4.90. The molecule has 0 saturated carbocycles. The van der Waals surface area contributed by atoms with Crippen LogP contribution in [0.5, 0.6) is 5.75 Å². The fourth-order valence-electron chi connectivity index (χ4n) is 3.38. The van der Waals surface area contributed by atoms with Crippen LogP contribution in [0.4, 0.5) is 27.6 Å². The molecule has 2 aromatic heterocycles. The quantitative estimate of drug-likeness (QED) is 0.283. The third-order valence-electron chi connectivity index (χ3n) is 5.05. The van der Waals surface area contributed by atoms with E-state index in [9.17, 15) is 30.8 Å². The molecule has 0 spiro atoms. The van der Waals surface area contributed by atoms with Crippen molar-refractivity contribution in [2.45, 2.75) is 11.1 Å². The monoisotopic (exact) mass is 511 g/mol. The van der Waals surface area contributed by atoms with Gasteiger partial charge < -0.3 is 9.72 Å². The van der Waals surface area contributed by atoms with E-state index in [1.54, 1.807) is 0 Å². The standard InChI is InChI=1S/C22H14F5N3O4S/c1-34-16-8-9-28-21-17(16)13(10-29-21)20(31)18-14(23)6-7-15(19(18)24)30-35(32,33)12-4-2-11(3-5-12)22(25,26)27/h2-10,30H,1H3,(H,28,29). The molecule has 182 valence electrons. The molecule has 0 amide bonds. The summed E-state index contributed by atoms with van der Waals surface area (Å²) in [5.41, 5.74) is -2.87. The summed E-state index contributed by atoms with van der Waals surface area (Å²) in [7, 11) is -3.25. The van der Waals surface area contributed by atoms with Crippen molar-refractivity contribution in [2.75, 3.05) is 11.8 Å². The van der Waals surface area contributed by atoms with Crippen LogP contribution < -0.4 is 9.46 Å². The van der Waals surface area contributed by atoms with Crippen LogP contribution in [0.1, 0.15) is 21.5 Å². The summed E-state index contributed by atoms with van der Waals surface area (Å²) in [4.78, 5) is 19.2. The molecule has 0 bridgehead atoms. The van der Waals surface area contributed by atoms with E-state index >= 15 is 4.39 Å². The van der Waals surface area contributed by atoms with Crippen LogP contribution in [-0.2, 0) is 16.2 Å². The van der Waals surface area contributed by atoms with Gasteiger partial charge in [0.1, 0.15) is 17.2 Å². The van der Waals surface area contributed by atoms with E-state index < -0.39 is 55.3 Å². The number of benzene rings is 2. The lowest BCUT2D eigenvalue weighted by Gasteiger charge is -2.13. The second-order valence-corrected chi connectivity index (χ2v) is 8.86. The van der Waals surface area contributed by atoms with Gasteiger partial charge in [-0.25, -0.2) is 22.2 Å². The van der Waals surface area contributed by atoms with Crippen LogP contribution in [-0.4, -0.2) is 31.3 Å². The third kappa shape index (κ3) is 4.41. The second kappa shape index (κ2) is 8.65. The summed E-state index contributed by atoms with van der Waals surface area (Å²) < 4.78 is 100. The van der Waals surface area contributed by atoms with Crippen molar-refractivity contribution in [3.8, 4) is 5.75 Å². The number of ketones is 1. The van der Waals surface area contributed by atoms with Gasteiger partial charge in [-0.1, -0.05) is 0 Å². The number of hydrogen-bond acceptors (Lipinski definition) is 5. The van der Waals surface area contributed by atoms with Crippen molar-refractivity contribution < 1.29 is 39.9 Å². The molecule has 0 fully saturated rings. The Morgan fingerprint density at radius 3 is 2.37 bits per heavy atom. The fourth-order valence-corrected chi connectivity index (χ4v) is 4.44. The zero-order valence-corrected chi connectivity index (χ0v) is 18.4. The zero-order valence-electron chi connectivity index (χ0n) is 17.6. The number of halogens is 5. The van der Waals surface area contributed by atoms with Crippen LogP contribution >= 0.6 is 0 Å². The minimum atomic E-state index is -4.69. The Hall–Kier alpha value is -4.00. The maximum absolute atomic E-state index is 15.2. The summed E-state index contributed by atoms with van der Waals surface area (Å²) >= 11 is 0. The van der Waals surface area contributed by atoms with Gasteiger partial charge in [-0.2, -0.15) is 13.2 Å². The maximum Gasteiger partial charge on any atom is 0.416 e. The van der Waals surface area contributed by atoms with Gasteiger partial charge in [0.05, 0.1) is 39.8 Å². The number of pyridine rings is 1. The Kier molecular flexibility index (Phi) is 5.97. The number of aromatic amines is 1. The van der Waals surface area contributed by atoms with E-state index in [2.05, 4.69) is 9.97 Å². The van der Waals surface area contributed by atoms with Gasteiger partial charge in [0.25, 0.3) is 10.0 Å². The van der Waals surface area contributed by atoms with Crippen LogP contribution in [0.15, 0.2) is 59.8 Å². The number of carbonyl (C=O) groups is 1. The Morgan fingerprint density at radius 2 is 1.74 bits per heavy atom. The number of anilines is 1. The summed E-state index contributed by atoms with van der Waals surface area (Å²) in [5, 5.41) is 0.162. The molecule has 0 aliphatic rings. The number of fused-ring (bicyclic) bond motifs is 1. The minimum absolute atomic E-state index is 0.162. The maximum atomic E-state index is 15.2. The molecular formula is C22H14F5N3O4S. The first-order chi connectivity index (χ1) is 16.4. The van der Waals surface area contributed by atoms with E-state index in [-0.39, 0.29) is 22.3 Å². The van der Waals surface area contributed by atoms with Gasteiger partial charge in [-0.3, -0.25) is 9.52 Å². The summed E-state index contributed by atoms with van der Waals surface area (Å²) in [6, 6.07) is 5.33. The van der Waals surface area contributed by atoms with Gasteiger partial charge in [0.15, 0.2) is 5.82 Å². The van der Waals surface area contributed by atoms with E-state index in [0.717, 1.165) is 6.07 Å². The van der Waals surface area contributed by atoms with Crippen molar-refractivity contribution in [3.05, 3.63) is 83.2 Å². The Bertz CT molecular complexity index is 1550. The van der Waals surface area contributed by atoms with Gasteiger partial charge in [-0.15, -0.1) is 0 Å². The van der Waals surface area contributed by atoms with E-state index in [1.165, 1.54) is 25.6 Å². The molecule has 2 aromatic carbocycles.